The van der Waals surface area contributed by atoms with E-state index in [1.54, 1.807) is 28.0 Å². The minimum Gasteiger partial charge on any atom is -0.443 e. The second kappa shape index (κ2) is 7.18. The topological polar surface area (TPSA) is 108 Å². The highest BCUT2D eigenvalue weighted by Crippen LogP contribution is 2.17. The van der Waals surface area contributed by atoms with E-state index in [0.717, 1.165) is 0 Å². The fraction of sp³-hybridized carbons (Fsp3) is 0.389. The lowest BCUT2D eigenvalue weighted by Crippen LogP contribution is -2.42. The molecule has 9 heteroatoms. The molecule has 0 aliphatic carbocycles. The molecular weight excluding hydrogens is 350 g/mol. The first-order valence-corrected chi connectivity index (χ1v) is 8.89. The molecule has 1 N–H and O–H groups in total. The Balaban J connectivity index is 1.42. The summed E-state index contributed by atoms with van der Waals surface area (Å²) >= 11 is 0. The fourth-order valence-electron chi connectivity index (χ4n) is 3.31. The van der Waals surface area contributed by atoms with Crippen molar-refractivity contribution in [3.05, 3.63) is 30.2 Å². The van der Waals surface area contributed by atoms with Crippen LogP contribution in [0.2, 0.25) is 0 Å². The van der Waals surface area contributed by atoms with E-state index in [-0.39, 0.29) is 24.1 Å². The van der Waals surface area contributed by atoms with Gasteiger partial charge in [-0.3, -0.25) is 14.4 Å². The number of hydrogen-bond donors (Lipinski definition) is 1. The Morgan fingerprint density at radius 3 is 2.56 bits per heavy atom. The molecular formula is C18H19N5O4. The van der Waals surface area contributed by atoms with Crippen LogP contribution in [0.25, 0.3) is 11.1 Å². The van der Waals surface area contributed by atoms with Gasteiger partial charge in [0.05, 0.1) is 0 Å². The van der Waals surface area contributed by atoms with Crippen LogP contribution in [0.4, 0.5) is 0 Å². The number of benzene rings is 1. The van der Waals surface area contributed by atoms with Crippen LogP contribution in [0.5, 0.6) is 0 Å². The lowest BCUT2D eigenvalue weighted by Gasteiger charge is -2.23. The van der Waals surface area contributed by atoms with Crippen LogP contribution >= 0.6 is 0 Å². The summed E-state index contributed by atoms with van der Waals surface area (Å²) in [6, 6.07) is 5.19. The standard InChI is InChI=1S/C18H19N5O4/c24-16-5-4-14(20-21-16)18(26)23-7-1-6-22(8-9-23)17(25)12-2-3-13-15(10-12)27-11-19-13/h2-3,10-11H,1,4-9H2,(H,21,24). The van der Waals surface area contributed by atoms with Crippen molar-refractivity contribution in [1.82, 2.24) is 20.2 Å². The van der Waals surface area contributed by atoms with Gasteiger partial charge < -0.3 is 14.2 Å². The molecule has 1 fully saturated rings. The van der Waals surface area contributed by atoms with E-state index < -0.39 is 0 Å². The van der Waals surface area contributed by atoms with Gasteiger partial charge in [0.15, 0.2) is 12.0 Å². The molecule has 140 valence electrons. The summed E-state index contributed by atoms with van der Waals surface area (Å²) in [5.74, 6) is -0.444. The maximum absolute atomic E-state index is 12.8. The molecule has 0 radical (unpaired) electrons. The molecule has 27 heavy (non-hydrogen) atoms. The van der Waals surface area contributed by atoms with Crippen LogP contribution in [0, 0.1) is 0 Å². The van der Waals surface area contributed by atoms with E-state index in [9.17, 15) is 14.4 Å². The van der Waals surface area contributed by atoms with Crippen molar-refractivity contribution in [3.8, 4) is 0 Å². The first-order chi connectivity index (χ1) is 13.1. The average Bonchev–Trinajstić information content (AvgIpc) is 3.02. The molecule has 4 rings (SSSR count). The molecule has 2 aromatic rings. The largest absolute Gasteiger partial charge is 0.443 e. The third-order valence-electron chi connectivity index (χ3n) is 4.80. The first-order valence-electron chi connectivity index (χ1n) is 8.89. The molecule has 1 aromatic heterocycles. The second-order valence-electron chi connectivity index (χ2n) is 6.57. The Bertz CT molecular complexity index is 935. The van der Waals surface area contributed by atoms with Crippen molar-refractivity contribution >= 4 is 34.5 Å². The van der Waals surface area contributed by atoms with E-state index in [2.05, 4.69) is 15.5 Å². The molecule has 9 nitrogen and oxygen atoms in total. The molecule has 0 unspecified atom stereocenters. The van der Waals surface area contributed by atoms with Crippen LogP contribution in [0.3, 0.4) is 0 Å². The van der Waals surface area contributed by atoms with Crippen LogP contribution in [0.15, 0.2) is 34.1 Å². The number of carbonyl (C=O) groups excluding carboxylic acids is 3. The zero-order valence-electron chi connectivity index (χ0n) is 14.7. The van der Waals surface area contributed by atoms with Crippen molar-refractivity contribution in [2.24, 2.45) is 5.10 Å². The molecule has 0 saturated carbocycles. The summed E-state index contributed by atoms with van der Waals surface area (Å²) < 4.78 is 5.27. The van der Waals surface area contributed by atoms with E-state index >= 15 is 0 Å². The molecule has 2 aliphatic rings. The Labute approximate surface area is 155 Å². The number of fused-ring (bicyclic) bond motifs is 1. The Morgan fingerprint density at radius 1 is 1.04 bits per heavy atom. The average molecular weight is 369 g/mol. The van der Waals surface area contributed by atoms with Gasteiger partial charge in [0.2, 0.25) is 5.91 Å². The third-order valence-corrected chi connectivity index (χ3v) is 4.80. The van der Waals surface area contributed by atoms with E-state index in [4.69, 9.17) is 4.42 Å². The van der Waals surface area contributed by atoms with Crippen molar-refractivity contribution in [2.75, 3.05) is 26.2 Å². The summed E-state index contributed by atoms with van der Waals surface area (Å²) in [5.41, 5.74) is 4.54. The highest BCUT2D eigenvalue weighted by molar-refractivity contribution is 6.39. The molecule has 1 aromatic carbocycles. The lowest BCUT2D eigenvalue weighted by molar-refractivity contribution is -0.124. The summed E-state index contributed by atoms with van der Waals surface area (Å²) in [4.78, 5) is 44.1. The molecule has 2 aliphatic heterocycles. The quantitative estimate of drug-likeness (QED) is 0.841. The summed E-state index contributed by atoms with van der Waals surface area (Å²) in [6.07, 6.45) is 2.65. The predicted octanol–water partition coefficient (Wildman–Crippen LogP) is 0.768. The van der Waals surface area contributed by atoms with E-state index in [1.165, 1.54) is 6.39 Å². The monoisotopic (exact) mass is 369 g/mol. The van der Waals surface area contributed by atoms with Gasteiger partial charge in [0.1, 0.15) is 11.2 Å². The SMILES string of the molecule is O=C1CCC(C(=O)N2CCCN(C(=O)c3ccc4ncoc4c3)CC2)=NN1. The maximum atomic E-state index is 12.8. The summed E-state index contributed by atoms with van der Waals surface area (Å²) in [5, 5.41) is 3.87. The number of hydrogen-bond acceptors (Lipinski definition) is 6. The number of hydrazone groups is 1. The molecule has 3 heterocycles. The van der Waals surface area contributed by atoms with Crippen LogP contribution in [-0.2, 0) is 9.59 Å². The number of carbonyl (C=O) groups is 3. The van der Waals surface area contributed by atoms with Gasteiger partial charge >= 0.3 is 0 Å². The number of rotatable bonds is 2. The number of nitrogens with one attached hydrogen (secondary N) is 1. The minimum atomic E-state index is -0.178. The van der Waals surface area contributed by atoms with E-state index in [1.807, 2.05) is 0 Å². The summed E-state index contributed by atoms with van der Waals surface area (Å²) in [6.45, 7) is 2.00. The summed E-state index contributed by atoms with van der Waals surface area (Å²) in [7, 11) is 0. The second-order valence-corrected chi connectivity index (χ2v) is 6.57. The van der Waals surface area contributed by atoms with Crippen molar-refractivity contribution in [3.63, 3.8) is 0 Å². The highest BCUT2D eigenvalue weighted by atomic mass is 16.3. The van der Waals surface area contributed by atoms with Crippen LogP contribution in [0.1, 0.15) is 29.6 Å². The third kappa shape index (κ3) is 3.53. The van der Waals surface area contributed by atoms with Crippen molar-refractivity contribution in [2.45, 2.75) is 19.3 Å². The highest BCUT2D eigenvalue weighted by Gasteiger charge is 2.27. The predicted molar refractivity (Wildman–Crippen MR) is 95.9 cm³/mol. The van der Waals surface area contributed by atoms with E-state index in [0.29, 0.717) is 61.4 Å². The molecule has 0 atom stereocenters. The zero-order chi connectivity index (χ0) is 18.8. The smallest absolute Gasteiger partial charge is 0.270 e. The maximum Gasteiger partial charge on any atom is 0.270 e. The number of nitrogens with zero attached hydrogens (tertiary/aromatic N) is 4. The van der Waals surface area contributed by atoms with Gasteiger partial charge in [-0.15, -0.1) is 0 Å². The molecule has 0 bridgehead atoms. The van der Waals surface area contributed by atoms with Crippen molar-refractivity contribution < 1.29 is 18.8 Å². The van der Waals surface area contributed by atoms with Gasteiger partial charge in [-0.2, -0.15) is 5.10 Å². The number of amides is 3. The van der Waals surface area contributed by atoms with Crippen LogP contribution < -0.4 is 5.43 Å². The molecule has 3 amide bonds. The van der Waals surface area contributed by atoms with Gasteiger partial charge in [0.25, 0.3) is 11.8 Å². The van der Waals surface area contributed by atoms with Gasteiger partial charge in [-0.05, 0) is 24.6 Å². The normalized spacial score (nSPS) is 18.1. The minimum absolute atomic E-state index is 0.0927. The van der Waals surface area contributed by atoms with Gasteiger partial charge in [-0.1, -0.05) is 0 Å². The Hall–Kier alpha value is -3.23. The van der Waals surface area contributed by atoms with Gasteiger partial charge in [-0.25, -0.2) is 10.4 Å². The van der Waals surface area contributed by atoms with Crippen LogP contribution in [-0.4, -0.2) is 64.4 Å². The molecule has 1 saturated heterocycles. The lowest BCUT2D eigenvalue weighted by atomic mass is 10.1. The number of aromatic nitrogens is 1. The Kier molecular flexibility index (Phi) is 4.57. The van der Waals surface area contributed by atoms with Crippen molar-refractivity contribution in [1.29, 1.82) is 0 Å². The fourth-order valence-corrected chi connectivity index (χ4v) is 3.31. The molecule has 0 spiro atoms. The zero-order valence-corrected chi connectivity index (χ0v) is 14.7. The number of oxazole rings is 1. The van der Waals surface area contributed by atoms with Gasteiger partial charge in [0, 0.05) is 44.6 Å². The Morgan fingerprint density at radius 2 is 1.81 bits per heavy atom. The first kappa shape index (κ1) is 17.2.